The molecule has 0 atom stereocenters. The van der Waals surface area contributed by atoms with E-state index in [0.29, 0.717) is 5.92 Å². The molecule has 0 heterocycles. The highest BCUT2D eigenvalue weighted by atomic mass is 16.5. The van der Waals surface area contributed by atoms with E-state index in [2.05, 4.69) is 44.3 Å². The molecule has 0 aliphatic rings. The lowest BCUT2D eigenvalue weighted by molar-refractivity contribution is 0.308. The third-order valence-corrected chi connectivity index (χ3v) is 2.72. The monoisotopic (exact) mass is 235 g/mol. The van der Waals surface area contributed by atoms with Crippen molar-refractivity contribution in [2.24, 2.45) is 0 Å². The highest BCUT2D eigenvalue weighted by Crippen LogP contribution is 2.20. The van der Waals surface area contributed by atoms with E-state index in [4.69, 9.17) is 4.74 Å². The van der Waals surface area contributed by atoms with Crippen molar-refractivity contribution in [3.8, 4) is 5.75 Å². The van der Waals surface area contributed by atoms with Crippen molar-refractivity contribution < 1.29 is 4.74 Å². The third kappa shape index (κ3) is 5.73. The van der Waals surface area contributed by atoms with Gasteiger partial charge < -0.3 is 10.1 Å². The summed E-state index contributed by atoms with van der Waals surface area (Å²) in [5, 5.41) is 3.37. The second-order valence-corrected chi connectivity index (χ2v) is 4.68. The van der Waals surface area contributed by atoms with Gasteiger partial charge in [0.2, 0.25) is 0 Å². The van der Waals surface area contributed by atoms with E-state index in [0.717, 1.165) is 31.9 Å². The minimum absolute atomic E-state index is 0.560. The third-order valence-electron chi connectivity index (χ3n) is 2.72. The maximum absolute atomic E-state index is 5.74. The van der Waals surface area contributed by atoms with Crippen LogP contribution in [0.15, 0.2) is 24.3 Å². The van der Waals surface area contributed by atoms with Crippen molar-refractivity contribution in [2.75, 3.05) is 19.7 Å². The van der Waals surface area contributed by atoms with Gasteiger partial charge in [0.25, 0.3) is 0 Å². The number of rotatable bonds is 8. The van der Waals surface area contributed by atoms with Gasteiger partial charge in [0, 0.05) is 0 Å². The molecule has 96 valence electrons. The van der Waals surface area contributed by atoms with E-state index in [-0.39, 0.29) is 0 Å². The Morgan fingerprint density at radius 1 is 1.24 bits per heavy atom. The first-order valence-corrected chi connectivity index (χ1v) is 6.67. The van der Waals surface area contributed by atoms with Crippen LogP contribution in [0.1, 0.15) is 45.1 Å². The molecule has 0 saturated carbocycles. The fourth-order valence-electron chi connectivity index (χ4n) is 1.65. The van der Waals surface area contributed by atoms with Crippen LogP contribution in [0.25, 0.3) is 0 Å². The van der Waals surface area contributed by atoms with Crippen LogP contribution in [0.5, 0.6) is 5.75 Å². The van der Waals surface area contributed by atoms with Crippen LogP contribution in [0.2, 0.25) is 0 Å². The molecule has 17 heavy (non-hydrogen) atoms. The molecule has 2 heteroatoms. The van der Waals surface area contributed by atoms with Gasteiger partial charge in [-0.1, -0.05) is 32.9 Å². The van der Waals surface area contributed by atoms with Crippen molar-refractivity contribution in [2.45, 2.75) is 39.5 Å². The number of hydrogen-bond donors (Lipinski definition) is 1. The molecular weight excluding hydrogens is 210 g/mol. The van der Waals surface area contributed by atoms with E-state index in [1.165, 1.54) is 12.0 Å². The molecule has 0 aromatic heterocycles. The Morgan fingerprint density at radius 3 is 2.76 bits per heavy atom. The summed E-state index contributed by atoms with van der Waals surface area (Å²) in [7, 11) is 0. The summed E-state index contributed by atoms with van der Waals surface area (Å²) < 4.78 is 5.74. The standard InChI is InChI=1S/C15H25NO/c1-4-9-16-10-6-11-17-15-8-5-7-14(12-15)13(2)3/h5,7-8,12-13,16H,4,6,9-11H2,1-3H3. The Kier molecular flexibility index (Phi) is 6.71. The van der Waals surface area contributed by atoms with Crippen molar-refractivity contribution in [1.82, 2.24) is 5.32 Å². The van der Waals surface area contributed by atoms with Gasteiger partial charge in [-0.05, 0) is 49.5 Å². The SMILES string of the molecule is CCCNCCCOc1cccc(C(C)C)c1. The van der Waals surface area contributed by atoms with Crippen molar-refractivity contribution in [1.29, 1.82) is 0 Å². The van der Waals surface area contributed by atoms with Gasteiger partial charge in [-0.3, -0.25) is 0 Å². The molecular formula is C15H25NO. The second-order valence-electron chi connectivity index (χ2n) is 4.68. The number of hydrogen-bond acceptors (Lipinski definition) is 2. The zero-order chi connectivity index (χ0) is 12.5. The summed E-state index contributed by atoms with van der Waals surface area (Å²) in [5.41, 5.74) is 1.34. The van der Waals surface area contributed by atoms with Crippen LogP contribution in [0.4, 0.5) is 0 Å². The van der Waals surface area contributed by atoms with E-state index in [1.807, 2.05) is 6.07 Å². The average Bonchev–Trinajstić information content (AvgIpc) is 2.34. The molecule has 0 aliphatic carbocycles. The maximum Gasteiger partial charge on any atom is 0.119 e. The second kappa shape index (κ2) is 8.13. The molecule has 1 aromatic carbocycles. The average molecular weight is 235 g/mol. The van der Waals surface area contributed by atoms with Gasteiger partial charge in [-0.25, -0.2) is 0 Å². The first kappa shape index (κ1) is 14.0. The highest BCUT2D eigenvalue weighted by Gasteiger charge is 2.00. The summed E-state index contributed by atoms with van der Waals surface area (Å²) in [6.07, 6.45) is 2.25. The summed E-state index contributed by atoms with van der Waals surface area (Å²) in [6, 6.07) is 8.40. The van der Waals surface area contributed by atoms with E-state index in [1.54, 1.807) is 0 Å². The summed E-state index contributed by atoms with van der Waals surface area (Å²) >= 11 is 0. The minimum atomic E-state index is 0.560. The fraction of sp³-hybridized carbons (Fsp3) is 0.600. The number of nitrogens with one attached hydrogen (secondary N) is 1. The Bertz CT molecular complexity index is 310. The smallest absolute Gasteiger partial charge is 0.119 e. The summed E-state index contributed by atoms with van der Waals surface area (Å²) in [4.78, 5) is 0. The van der Waals surface area contributed by atoms with Crippen LogP contribution in [-0.4, -0.2) is 19.7 Å². The fourth-order valence-corrected chi connectivity index (χ4v) is 1.65. The molecule has 1 N–H and O–H groups in total. The van der Waals surface area contributed by atoms with Crippen molar-refractivity contribution in [3.05, 3.63) is 29.8 Å². The van der Waals surface area contributed by atoms with Crippen LogP contribution in [-0.2, 0) is 0 Å². The zero-order valence-electron chi connectivity index (χ0n) is 11.3. The largest absolute Gasteiger partial charge is 0.494 e. The predicted octanol–water partition coefficient (Wildman–Crippen LogP) is 3.58. The Balaban J connectivity index is 2.24. The van der Waals surface area contributed by atoms with E-state index >= 15 is 0 Å². The molecule has 0 saturated heterocycles. The first-order chi connectivity index (χ1) is 8.24. The topological polar surface area (TPSA) is 21.3 Å². The normalized spacial score (nSPS) is 10.8. The van der Waals surface area contributed by atoms with Gasteiger partial charge in [0.05, 0.1) is 6.61 Å². The number of ether oxygens (including phenoxy) is 1. The van der Waals surface area contributed by atoms with Crippen molar-refractivity contribution in [3.63, 3.8) is 0 Å². The molecule has 0 spiro atoms. The Hall–Kier alpha value is -1.02. The maximum atomic E-state index is 5.74. The van der Waals surface area contributed by atoms with Crippen LogP contribution in [0, 0.1) is 0 Å². The number of benzene rings is 1. The molecule has 1 rings (SSSR count). The quantitative estimate of drug-likeness (QED) is 0.695. The van der Waals surface area contributed by atoms with Crippen molar-refractivity contribution >= 4 is 0 Å². The molecule has 1 aromatic rings. The molecule has 0 fully saturated rings. The molecule has 0 aliphatic heterocycles. The van der Waals surface area contributed by atoms with Gasteiger partial charge >= 0.3 is 0 Å². The lowest BCUT2D eigenvalue weighted by Crippen LogP contribution is -2.18. The molecule has 2 nitrogen and oxygen atoms in total. The van der Waals surface area contributed by atoms with Gasteiger partial charge in [0.1, 0.15) is 5.75 Å². The first-order valence-electron chi connectivity index (χ1n) is 6.67. The lowest BCUT2D eigenvalue weighted by Gasteiger charge is -2.10. The highest BCUT2D eigenvalue weighted by molar-refractivity contribution is 5.30. The molecule has 0 bridgehead atoms. The Labute approximate surface area is 105 Å². The zero-order valence-corrected chi connectivity index (χ0v) is 11.3. The van der Waals surface area contributed by atoms with Crippen LogP contribution < -0.4 is 10.1 Å². The van der Waals surface area contributed by atoms with Crippen LogP contribution in [0.3, 0.4) is 0 Å². The predicted molar refractivity (Wildman–Crippen MR) is 73.8 cm³/mol. The van der Waals surface area contributed by atoms with Gasteiger partial charge in [-0.15, -0.1) is 0 Å². The van der Waals surface area contributed by atoms with E-state index in [9.17, 15) is 0 Å². The summed E-state index contributed by atoms with van der Waals surface area (Å²) in [6.45, 7) is 9.52. The Morgan fingerprint density at radius 2 is 2.06 bits per heavy atom. The van der Waals surface area contributed by atoms with Gasteiger partial charge in [0.15, 0.2) is 0 Å². The molecule has 0 radical (unpaired) electrons. The van der Waals surface area contributed by atoms with Crippen LogP contribution >= 0.6 is 0 Å². The molecule has 0 unspecified atom stereocenters. The summed E-state index contributed by atoms with van der Waals surface area (Å²) in [5.74, 6) is 1.55. The van der Waals surface area contributed by atoms with Gasteiger partial charge in [-0.2, -0.15) is 0 Å². The molecule has 0 amide bonds. The van der Waals surface area contributed by atoms with E-state index < -0.39 is 0 Å². The lowest BCUT2D eigenvalue weighted by atomic mass is 10.0. The minimum Gasteiger partial charge on any atom is -0.494 e.